The van der Waals surface area contributed by atoms with Crippen molar-refractivity contribution in [3.8, 4) is 6.07 Å². The lowest BCUT2D eigenvalue weighted by molar-refractivity contribution is -0.142. The molecule has 124 valence electrons. The maximum absolute atomic E-state index is 12.0. The van der Waals surface area contributed by atoms with Crippen LogP contribution < -0.4 is 10.3 Å². The first-order valence-corrected chi connectivity index (χ1v) is 7.38. The third-order valence-corrected chi connectivity index (χ3v) is 3.16. The molecule has 0 atom stereocenters. The molecule has 1 aliphatic heterocycles. The highest BCUT2D eigenvalue weighted by Gasteiger charge is 2.26. The van der Waals surface area contributed by atoms with Crippen LogP contribution in [0.5, 0.6) is 0 Å². The first-order valence-electron chi connectivity index (χ1n) is 7.38. The topological polar surface area (TPSA) is 112 Å². The number of rotatable bonds is 6. The Morgan fingerprint density at radius 3 is 2.75 bits per heavy atom. The largest absolute Gasteiger partial charge is 0.451 e. The Kier molecular flexibility index (Phi) is 6.02. The fraction of sp³-hybridized carbons (Fsp3) is 0.312. The van der Waals surface area contributed by atoms with E-state index in [2.05, 4.69) is 10.4 Å². The minimum atomic E-state index is -0.737. The van der Waals surface area contributed by atoms with Gasteiger partial charge in [-0.3, -0.25) is 9.59 Å². The standard InChI is InChI=1S/C16H16N4O4/c17-9-4-10-18-14(21)11-24-16(23)13-7-8-15(22)20(19-13)12-5-2-1-3-6-12/h1-3,5-6H,4,7-8,10-11H2,(H,18,21). The van der Waals surface area contributed by atoms with Gasteiger partial charge in [-0.2, -0.15) is 10.4 Å². The van der Waals surface area contributed by atoms with Crippen molar-refractivity contribution in [1.29, 1.82) is 5.26 Å². The molecular weight excluding hydrogens is 312 g/mol. The van der Waals surface area contributed by atoms with Gasteiger partial charge < -0.3 is 10.1 Å². The molecule has 8 nitrogen and oxygen atoms in total. The number of nitrogens with zero attached hydrogens (tertiary/aromatic N) is 3. The second-order valence-electron chi connectivity index (χ2n) is 4.92. The van der Waals surface area contributed by atoms with Crippen molar-refractivity contribution in [3.05, 3.63) is 30.3 Å². The number of hydrogen-bond donors (Lipinski definition) is 1. The molecule has 0 unspecified atom stereocenters. The molecule has 0 aliphatic carbocycles. The molecule has 1 aliphatic rings. The zero-order valence-electron chi connectivity index (χ0n) is 12.9. The maximum Gasteiger partial charge on any atom is 0.355 e. The lowest BCUT2D eigenvalue weighted by atomic mass is 10.1. The summed E-state index contributed by atoms with van der Waals surface area (Å²) in [5, 5.41) is 16.0. The molecule has 1 N–H and O–H groups in total. The van der Waals surface area contributed by atoms with Gasteiger partial charge in [0, 0.05) is 19.4 Å². The van der Waals surface area contributed by atoms with Crippen molar-refractivity contribution in [3.63, 3.8) is 0 Å². The van der Waals surface area contributed by atoms with Crippen LogP contribution in [0.15, 0.2) is 35.4 Å². The zero-order valence-corrected chi connectivity index (χ0v) is 12.9. The first-order chi connectivity index (χ1) is 11.6. The quantitative estimate of drug-likeness (QED) is 0.611. The number of carbonyl (C=O) groups excluding carboxylic acids is 3. The first kappa shape index (κ1) is 17.1. The minimum absolute atomic E-state index is 0.0864. The van der Waals surface area contributed by atoms with Gasteiger partial charge in [-0.1, -0.05) is 18.2 Å². The van der Waals surface area contributed by atoms with Gasteiger partial charge in [0.2, 0.25) is 5.91 Å². The number of benzene rings is 1. The molecule has 0 bridgehead atoms. The van der Waals surface area contributed by atoms with Crippen LogP contribution in [0.3, 0.4) is 0 Å². The summed E-state index contributed by atoms with van der Waals surface area (Å²) in [4.78, 5) is 35.4. The second kappa shape index (κ2) is 8.43. The van der Waals surface area contributed by atoms with E-state index in [-0.39, 0.29) is 37.4 Å². The number of anilines is 1. The van der Waals surface area contributed by atoms with Gasteiger partial charge in [0.15, 0.2) is 6.61 Å². The number of nitrogens with one attached hydrogen (secondary N) is 1. The molecule has 0 radical (unpaired) electrons. The molecular formula is C16H16N4O4. The highest BCUT2D eigenvalue weighted by atomic mass is 16.5. The average Bonchev–Trinajstić information content (AvgIpc) is 2.61. The molecule has 24 heavy (non-hydrogen) atoms. The summed E-state index contributed by atoms with van der Waals surface area (Å²) >= 11 is 0. The third kappa shape index (κ3) is 4.64. The second-order valence-corrected chi connectivity index (χ2v) is 4.92. The Bertz CT molecular complexity index is 694. The van der Waals surface area contributed by atoms with Crippen LogP contribution in [0, 0.1) is 11.3 Å². The third-order valence-electron chi connectivity index (χ3n) is 3.16. The van der Waals surface area contributed by atoms with Gasteiger partial charge in [0.1, 0.15) is 5.71 Å². The van der Waals surface area contributed by atoms with E-state index in [0.717, 1.165) is 5.01 Å². The number of hydrogen-bond acceptors (Lipinski definition) is 6. The van der Waals surface area contributed by atoms with Crippen molar-refractivity contribution in [2.45, 2.75) is 19.3 Å². The van der Waals surface area contributed by atoms with Crippen LogP contribution in [0.2, 0.25) is 0 Å². The molecule has 0 saturated heterocycles. The van der Waals surface area contributed by atoms with Crippen LogP contribution in [0.4, 0.5) is 5.69 Å². The Labute approximate surface area is 138 Å². The summed E-state index contributed by atoms with van der Waals surface area (Å²) in [6.45, 7) is -0.257. The van der Waals surface area contributed by atoms with Crippen LogP contribution in [0.25, 0.3) is 0 Å². The number of hydrazone groups is 1. The zero-order chi connectivity index (χ0) is 17.4. The summed E-state index contributed by atoms with van der Waals surface area (Å²) in [6, 6.07) is 10.6. The van der Waals surface area contributed by atoms with Gasteiger partial charge in [0.05, 0.1) is 18.2 Å². The number of ether oxygens (including phenoxy) is 1. The van der Waals surface area contributed by atoms with E-state index in [4.69, 9.17) is 10.00 Å². The maximum atomic E-state index is 12.0. The summed E-state index contributed by atoms with van der Waals surface area (Å²) < 4.78 is 4.89. The van der Waals surface area contributed by atoms with E-state index in [1.807, 2.05) is 12.1 Å². The van der Waals surface area contributed by atoms with Gasteiger partial charge in [0.25, 0.3) is 5.91 Å². The lowest BCUT2D eigenvalue weighted by Gasteiger charge is -2.22. The molecule has 0 spiro atoms. The van der Waals surface area contributed by atoms with Crippen LogP contribution in [-0.4, -0.2) is 36.6 Å². The van der Waals surface area contributed by atoms with Crippen molar-refractivity contribution in [1.82, 2.24) is 5.32 Å². The molecule has 1 heterocycles. The molecule has 1 aromatic carbocycles. The van der Waals surface area contributed by atoms with Crippen molar-refractivity contribution < 1.29 is 19.1 Å². The summed E-state index contributed by atoms with van der Waals surface area (Å²) in [5.74, 6) is -1.45. The van der Waals surface area contributed by atoms with E-state index in [0.29, 0.717) is 5.69 Å². The highest BCUT2D eigenvalue weighted by molar-refractivity contribution is 6.38. The van der Waals surface area contributed by atoms with Crippen LogP contribution in [-0.2, 0) is 19.1 Å². The minimum Gasteiger partial charge on any atom is -0.451 e. The fourth-order valence-corrected chi connectivity index (χ4v) is 1.99. The monoisotopic (exact) mass is 328 g/mol. The van der Waals surface area contributed by atoms with Crippen LogP contribution >= 0.6 is 0 Å². The molecule has 1 aromatic rings. The Morgan fingerprint density at radius 2 is 2.04 bits per heavy atom. The van der Waals surface area contributed by atoms with Gasteiger partial charge in [-0.15, -0.1) is 0 Å². The summed E-state index contributed by atoms with van der Waals surface area (Å²) in [5.41, 5.74) is 0.644. The molecule has 0 fully saturated rings. The van der Waals surface area contributed by atoms with Gasteiger partial charge in [-0.25, -0.2) is 9.80 Å². The van der Waals surface area contributed by atoms with E-state index >= 15 is 0 Å². The number of para-hydroxylation sites is 1. The van der Waals surface area contributed by atoms with Crippen molar-refractivity contribution >= 4 is 29.2 Å². The average molecular weight is 328 g/mol. The van der Waals surface area contributed by atoms with Crippen LogP contribution in [0.1, 0.15) is 19.3 Å². The lowest BCUT2D eigenvalue weighted by Crippen LogP contribution is -2.36. The van der Waals surface area contributed by atoms with Crippen molar-refractivity contribution in [2.24, 2.45) is 5.10 Å². The normalized spacial score (nSPS) is 13.7. The number of carbonyl (C=O) groups is 3. The number of nitriles is 1. The van der Waals surface area contributed by atoms with E-state index < -0.39 is 18.5 Å². The predicted molar refractivity (Wildman–Crippen MR) is 84.8 cm³/mol. The summed E-state index contributed by atoms with van der Waals surface area (Å²) in [6.07, 6.45) is 0.481. The molecule has 0 saturated carbocycles. The Balaban J connectivity index is 1.95. The smallest absolute Gasteiger partial charge is 0.355 e. The van der Waals surface area contributed by atoms with E-state index in [9.17, 15) is 14.4 Å². The summed E-state index contributed by atoms with van der Waals surface area (Å²) in [7, 11) is 0. The number of esters is 1. The molecule has 0 aromatic heterocycles. The van der Waals surface area contributed by atoms with Gasteiger partial charge >= 0.3 is 5.97 Å². The highest BCUT2D eigenvalue weighted by Crippen LogP contribution is 2.19. The Hall–Kier alpha value is -3.21. The van der Waals surface area contributed by atoms with Crippen molar-refractivity contribution in [2.75, 3.05) is 18.2 Å². The number of amides is 2. The molecule has 8 heteroatoms. The fourth-order valence-electron chi connectivity index (χ4n) is 1.99. The van der Waals surface area contributed by atoms with E-state index in [1.54, 1.807) is 24.3 Å². The molecule has 2 amide bonds. The predicted octanol–water partition coefficient (Wildman–Crippen LogP) is 0.742. The van der Waals surface area contributed by atoms with E-state index in [1.165, 1.54) is 0 Å². The Morgan fingerprint density at radius 1 is 1.29 bits per heavy atom. The molecule has 2 rings (SSSR count). The van der Waals surface area contributed by atoms with Gasteiger partial charge in [-0.05, 0) is 12.1 Å². The SMILES string of the molecule is N#CCCNC(=O)COC(=O)C1=NN(c2ccccc2)C(=O)CC1.